The zero-order valence-corrected chi connectivity index (χ0v) is 13.6. The Bertz CT molecular complexity index is 552. The summed E-state index contributed by atoms with van der Waals surface area (Å²) in [5, 5.41) is 3.49. The van der Waals surface area contributed by atoms with Crippen LogP contribution >= 0.6 is 15.9 Å². The van der Waals surface area contributed by atoms with Gasteiger partial charge in [0, 0.05) is 19.5 Å². The molecule has 1 aliphatic rings. The molecule has 0 bridgehead atoms. The number of hydrogen-bond acceptors (Lipinski definition) is 2. The number of benzene rings is 2. The minimum atomic E-state index is -0.249. The first-order valence-corrected chi connectivity index (χ1v) is 8.29. The third-order valence-corrected chi connectivity index (χ3v) is 5.36. The highest BCUT2D eigenvalue weighted by Gasteiger charge is 2.41. The van der Waals surface area contributed by atoms with Crippen molar-refractivity contribution in [3.05, 3.63) is 71.8 Å². The maximum Gasteiger partial charge on any atom is 0.101 e. The molecule has 2 aromatic rings. The predicted molar refractivity (Wildman–Crippen MR) is 89.8 cm³/mol. The molecule has 0 spiro atoms. The minimum absolute atomic E-state index is 0.166. The Kier molecular flexibility index (Phi) is 4.73. The van der Waals surface area contributed by atoms with E-state index in [4.69, 9.17) is 4.74 Å². The van der Waals surface area contributed by atoms with Gasteiger partial charge in [0.15, 0.2) is 0 Å². The van der Waals surface area contributed by atoms with Gasteiger partial charge in [0.1, 0.15) is 5.60 Å². The largest absolute Gasteiger partial charge is 0.370 e. The summed E-state index contributed by atoms with van der Waals surface area (Å²) in [7, 11) is 0. The van der Waals surface area contributed by atoms with Crippen molar-refractivity contribution >= 4 is 15.9 Å². The maximum absolute atomic E-state index is 6.28. The highest BCUT2D eigenvalue weighted by atomic mass is 79.9. The first-order valence-electron chi connectivity index (χ1n) is 7.38. The summed E-state index contributed by atoms with van der Waals surface area (Å²) in [6.45, 7) is 2.53. The highest BCUT2D eigenvalue weighted by molar-refractivity contribution is 9.09. The van der Waals surface area contributed by atoms with Crippen molar-refractivity contribution in [3.63, 3.8) is 0 Å². The molecule has 0 amide bonds. The van der Waals surface area contributed by atoms with E-state index in [-0.39, 0.29) is 10.4 Å². The zero-order valence-electron chi connectivity index (χ0n) is 12.0. The van der Waals surface area contributed by atoms with Crippen molar-refractivity contribution in [2.24, 2.45) is 0 Å². The number of nitrogens with one attached hydrogen (secondary N) is 1. The molecule has 1 fully saturated rings. The number of alkyl halides is 1. The van der Waals surface area contributed by atoms with Crippen LogP contribution in [0.25, 0.3) is 0 Å². The van der Waals surface area contributed by atoms with E-state index >= 15 is 0 Å². The molecule has 2 aromatic carbocycles. The lowest BCUT2D eigenvalue weighted by molar-refractivity contribution is -0.0657. The second kappa shape index (κ2) is 6.73. The third kappa shape index (κ3) is 3.37. The molecular formula is C18H20BrNO. The van der Waals surface area contributed by atoms with E-state index in [9.17, 15) is 0 Å². The average Bonchev–Trinajstić information content (AvgIpc) is 2.57. The average molecular weight is 346 g/mol. The van der Waals surface area contributed by atoms with Gasteiger partial charge in [-0.25, -0.2) is 0 Å². The van der Waals surface area contributed by atoms with E-state index in [0.29, 0.717) is 0 Å². The van der Waals surface area contributed by atoms with Gasteiger partial charge in [0.2, 0.25) is 0 Å². The zero-order chi connectivity index (χ0) is 14.5. The lowest BCUT2D eigenvalue weighted by Gasteiger charge is -2.42. The molecule has 21 heavy (non-hydrogen) atoms. The summed E-state index contributed by atoms with van der Waals surface area (Å²) >= 11 is 3.90. The lowest BCUT2D eigenvalue weighted by Crippen LogP contribution is -2.53. The standard InChI is InChI=1S/C18H20BrNO/c19-17(16-9-5-2-6-10-16)18(14-20-11-12-21-18)13-15-7-3-1-4-8-15/h1-10,17,20H,11-14H2/t17-,18+/m1/s1. The van der Waals surface area contributed by atoms with E-state index in [1.54, 1.807) is 0 Å². The second-order valence-electron chi connectivity index (χ2n) is 5.53. The van der Waals surface area contributed by atoms with E-state index in [2.05, 4.69) is 75.8 Å². The summed E-state index contributed by atoms with van der Waals surface area (Å²) in [6.07, 6.45) is 0.894. The van der Waals surface area contributed by atoms with Gasteiger partial charge >= 0.3 is 0 Å². The summed E-state index contributed by atoms with van der Waals surface area (Å²) in [6, 6.07) is 21.1. The molecule has 3 rings (SSSR count). The molecule has 0 aliphatic carbocycles. The van der Waals surface area contributed by atoms with Gasteiger partial charge in [0.05, 0.1) is 11.4 Å². The number of rotatable bonds is 4. The Morgan fingerprint density at radius 2 is 1.71 bits per heavy atom. The van der Waals surface area contributed by atoms with Crippen molar-refractivity contribution in [1.82, 2.24) is 5.32 Å². The van der Waals surface area contributed by atoms with Crippen LogP contribution in [0, 0.1) is 0 Å². The molecule has 1 N–H and O–H groups in total. The van der Waals surface area contributed by atoms with Gasteiger partial charge in [-0.2, -0.15) is 0 Å². The lowest BCUT2D eigenvalue weighted by atomic mass is 9.86. The van der Waals surface area contributed by atoms with Crippen LogP contribution in [0.3, 0.4) is 0 Å². The third-order valence-electron chi connectivity index (χ3n) is 3.99. The Hall–Kier alpha value is -1.16. The summed E-state index contributed by atoms with van der Waals surface area (Å²) in [4.78, 5) is 0.166. The molecule has 2 atom stereocenters. The fraction of sp³-hybridized carbons (Fsp3) is 0.333. The predicted octanol–water partition coefficient (Wildman–Crippen LogP) is 3.72. The number of morpholine rings is 1. The quantitative estimate of drug-likeness (QED) is 0.852. The van der Waals surface area contributed by atoms with Gasteiger partial charge in [0.25, 0.3) is 0 Å². The smallest absolute Gasteiger partial charge is 0.101 e. The minimum Gasteiger partial charge on any atom is -0.370 e. The molecule has 0 unspecified atom stereocenters. The van der Waals surface area contributed by atoms with Crippen molar-refractivity contribution in [1.29, 1.82) is 0 Å². The van der Waals surface area contributed by atoms with E-state index in [1.165, 1.54) is 11.1 Å². The van der Waals surface area contributed by atoms with Crippen LogP contribution in [0.5, 0.6) is 0 Å². The molecule has 1 saturated heterocycles. The summed E-state index contributed by atoms with van der Waals surface area (Å²) < 4.78 is 6.28. The molecule has 1 aliphatic heterocycles. The summed E-state index contributed by atoms with van der Waals surface area (Å²) in [5.41, 5.74) is 2.32. The highest BCUT2D eigenvalue weighted by Crippen LogP contribution is 2.40. The van der Waals surface area contributed by atoms with Gasteiger partial charge in [-0.05, 0) is 11.1 Å². The normalized spacial score (nSPS) is 23.7. The Morgan fingerprint density at radius 3 is 2.33 bits per heavy atom. The first kappa shape index (κ1) is 14.8. The Morgan fingerprint density at radius 1 is 1.05 bits per heavy atom. The van der Waals surface area contributed by atoms with Crippen LogP contribution in [0.1, 0.15) is 16.0 Å². The molecule has 0 saturated carbocycles. The van der Waals surface area contributed by atoms with Gasteiger partial charge in [-0.15, -0.1) is 0 Å². The van der Waals surface area contributed by atoms with Crippen LogP contribution in [0.2, 0.25) is 0 Å². The van der Waals surface area contributed by atoms with Gasteiger partial charge < -0.3 is 10.1 Å². The van der Waals surface area contributed by atoms with Crippen molar-refractivity contribution in [2.45, 2.75) is 16.8 Å². The fourth-order valence-corrected chi connectivity index (χ4v) is 3.67. The summed E-state index contributed by atoms with van der Waals surface area (Å²) in [5.74, 6) is 0. The molecular weight excluding hydrogens is 326 g/mol. The molecule has 1 heterocycles. The molecule has 2 nitrogen and oxygen atoms in total. The second-order valence-corrected chi connectivity index (χ2v) is 6.44. The Balaban J connectivity index is 1.89. The molecule has 0 aromatic heterocycles. The van der Waals surface area contributed by atoms with Crippen molar-refractivity contribution in [3.8, 4) is 0 Å². The van der Waals surface area contributed by atoms with Crippen LogP contribution in [0.4, 0.5) is 0 Å². The number of halogens is 1. The topological polar surface area (TPSA) is 21.3 Å². The monoisotopic (exact) mass is 345 g/mol. The van der Waals surface area contributed by atoms with Crippen LogP contribution in [0.15, 0.2) is 60.7 Å². The number of hydrogen-bond donors (Lipinski definition) is 1. The van der Waals surface area contributed by atoms with E-state index in [1.807, 2.05) is 6.07 Å². The first-order chi connectivity index (χ1) is 10.3. The van der Waals surface area contributed by atoms with E-state index in [0.717, 1.165) is 26.1 Å². The maximum atomic E-state index is 6.28. The van der Waals surface area contributed by atoms with E-state index < -0.39 is 0 Å². The van der Waals surface area contributed by atoms with Gasteiger partial charge in [-0.3, -0.25) is 0 Å². The van der Waals surface area contributed by atoms with Crippen molar-refractivity contribution in [2.75, 3.05) is 19.7 Å². The van der Waals surface area contributed by atoms with Crippen molar-refractivity contribution < 1.29 is 4.74 Å². The van der Waals surface area contributed by atoms with Crippen LogP contribution in [-0.4, -0.2) is 25.3 Å². The molecule has 3 heteroatoms. The van der Waals surface area contributed by atoms with Gasteiger partial charge in [-0.1, -0.05) is 76.6 Å². The Labute approximate surface area is 134 Å². The fourth-order valence-electron chi connectivity index (χ4n) is 2.91. The molecule has 110 valence electrons. The number of ether oxygens (including phenoxy) is 1. The SMILES string of the molecule is Br[C@H](c1ccccc1)[C@]1(Cc2ccccc2)CNCCO1. The van der Waals surface area contributed by atoms with Crippen LogP contribution in [-0.2, 0) is 11.2 Å². The molecule has 0 radical (unpaired) electrons. The van der Waals surface area contributed by atoms with Crippen LogP contribution < -0.4 is 5.32 Å².